The highest BCUT2D eigenvalue weighted by Crippen LogP contribution is 2.29. The van der Waals surface area contributed by atoms with Crippen LogP contribution >= 0.6 is 0 Å². The Kier molecular flexibility index (Phi) is 3.50. The first-order valence-electron chi connectivity index (χ1n) is 6.85. The zero-order chi connectivity index (χ0) is 15.7. The van der Waals surface area contributed by atoms with Gasteiger partial charge in [0, 0.05) is 28.7 Å². The molecule has 22 heavy (non-hydrogen) atoms. The lowest BCUT2D eigenvalue weighted by Crippen LogP contribution is -1.98. The monoisotopic (exact) mass is 297 g/mol. The van der Waals surface area contributed by atoms with E-state index in [1.165, 1.54) is 12.1 Å². The molecule has 0 amide bonds. The first kappa shape index (κ1) is 14.1. The summed E-state index contributed by atoms with van der Waals surface area (Å²) in [6.07, 6.45) is 1.68. The predicted octanol–water partition coefficient (Wildman–Crippen LogP) is 3.55. The maximum atomic E-state index is 12.9. The van der Waals surface area contributed by atoms with E-state index in [0.29, 0.717) is 11.8 Å². The SMILES string of the molecule is Cc1[nH]c(N)c(C)c1-c1ccnc(Nc2ccc(F)cc2)n1. The Balaban J connectivity index is 1.94. The summed E-state index contributed by atoms with van der Waals surface area (Å²) in [5.74, 6) is 0.802. The van der Waals surface area contributed by atoms with E-state index < -0.39 is 0 Å². The summed E-state index contributed by atoms with van der Waals surface area (Å²) in [6.45, 7) is 3.90. The van der Waals surface area contributed by atoms with Crippen molar-refractivity contribution in [3.63, 3.8) is 0 Å². The molecule has 2 aromatic heterocycles. The summed E-state index contributed by atoms with van der Waals surface area (Å²) >= 11 is 0. The van der Waals surface area contributed by atoms with Crippen molar-refractivity contribution in [1.29, 1.82) is 0 Å². The quantitative estimate of drug-likeness (QED) is 0.690. The van der Waals surface area contributed by atoms with Crippen LogP contribution in [0.25, 0.3) is 11.3 Å². The van der Waals surface area contributed by atoms with E-state index >= 15 is 0 Å². The van der Waals surface area contributed by atoms with Gasteiger partial charge in [-0.05, 0) is 44.2 Å². The lowest BCUT2D eigenvalue weighted by molar-refractivity contribution is 0.628. The van der Waals surface area contributed by atoms with Crippen LogP contribution in [0.15, 0.2) is 36.5 Å². The highest BCUT2D eigenvalue weighted by molar-refractivity contribution is 5.73. The number of nitrogens with two attached hydrogens (primary N) is 1. The number of nitrogens with one attached hydrogen (secondary N) is 2. The standard InChI is InChI=1S/C16H16FN5/c1-9-14(10(2)20-15(9)18)13-7-8-19-16(22-13)21-12-5-3-11(17)4-6-12/h3-8,20H,18H2,1-2H3,(H,19,21,22). The van der Waals surface area contributed by atoms with E-state index in [4.69, 9.17) is 5.73 Å². The average Bonchev–Trinajstić information content (AvgIpc) is 2.75. The molecule has 0 aliphatic heterocycles. The minimum atomic E-state index is -0.283. The summed E-state index contributed by atoms with van der Waals surface area (Å²) in [5.41, 5.74) is 10.3. The molecular weight excluding hydrogens is 281 g/mol. The van der Waals surface area contributed by atoms with Crippen molar-refractivity contribution < 1.29 is 4.39 Å². The molecule has 0 aliphatic rings. The van der Waals surface area contributed by atoms with Crippen molar-refractivity contribution in [1.82, 2.24) is 15.0 Å². The van der Waals surface area contributed by atoms with Crippen molar-refractivity contribution >= 4 is 17.5 Å². The number of aryl methyl sites for hydroxylation is 1. The lowest BCUT2D eigenvalue weighted by atomic mass is 10.1. The minimum absolute atomic E-state index is 0.283. The number of nitrogens with zero attached hydrogens (tertiary/aromatic N) is 2. The summed E-state index contributed by atoms with van der Waals surface area (Å²) in [7, 11) is 0. The Labute approximate surface area is 127 Å². The number of aromatic amines is 1. The largest absolute Gasteiger partial charge is 0.385 e. The first-order chi connectivity index (χ1) is 10.5. The second kappa shape index (κ2) is 5.48. The van der Waals surface area contributed by atoms with Gasteiger partial charge >= 0.3 is 0 Å². The van der Waals surface area contributed by atoms with Gasteiger partial charge in [0.2, 0.25) is 5.95 Å². The van der Waals surface area contributed by atoms with Crippen molar-refractivity contribution in [2.45, 2.75) is 13.8 Å². The molecule has 0 aliphatic carbocycles. The second-order valence-electron chi connectivity index (χ2n) is 5.06. The summed E-state index contributed by atoms with van der Waals surface area (Å²) < 4.78 is 12.9. The molecule has 5 nitrogen and oxygen atoms in total. The van der Waals surface area contributed by atoms with Crippen LogP contribution in [0.5, 0.6) is 0 Å². The Hall–Kier alpha value is -2.89. The molecule has 0 saturated carbocycles. The zero-order valence-corrected chi connectivity index (χ0v) is 12.3. The lowest BCUT2D eigenvalue weighted by Gasteiger charge is -2.07. The molecule has 1 aromatic carbocycles. The van der Waals surface area contributed by atoms with Crippen molar-refractivity contribution in [3.8, 4) is 11.3 Å². The predicted molar refractivity (Wildman–Crippen MR) is 85.4 cm³/mol. The number of hydrogen-bond donors (Lipinski definition) is 3. The van der Waals surface area contributed by atoms with Crippen LogP contribution in [0.3, 0.4) is 0 Å². The molecule has 4 N–H and O–H groups in total. The Morgan fingerprint density at radius 2 is 1.86 bits per heavy atom. The fourth-order valence-electron chi connectivity index (χ4n) is 2.38. The third-order valence-electron chi connectivity index (χ3n) is 3.49. The van der Waals surface area contributed by atoms with E-state index in [1.807, 2.05) is 19.9 Å². The van der Waals surface area contributed by atoms with Gasteiger partial charge in [0.05, 0.1) is 5.69 Å². The number of rotatable bonds is 3. The van der Waals surface area contributed by atoms with Crippen LogP contribution in [0.2, 0.25) is 0 Å². The van der Waals surface area contributed by atoms with Gasteiger partial charge < -0.3 is 16.0 Å². The minimum Gasteiger partial charge on any atom is -0.385 e. The molecule has 0 atom stereocenters. The third-order valence-corrected chi connectivity index (χ3v) is 3.49. The average molecular weight is 297 g/mol. The van der Waals surface area contributed by atoms with Crippen LogP contribution in [0.4, 0.5) is 21.8 Å². The van der Waals surface area contributed by atoms with Crippen molar-refractivity contribution in [2.75, 3.05) is 11.1 Å². The Morgan fingerprint density at radius 1 is 1.14 bits per heavy atom. The molecule has 6 heteroatoms. The molecule has 3 rings (SSSR count). The Morgan fingerprint density at radius 3 is 2.50 bits per heavy atom. The van der Waals surface area contributed by atoms with Gasteiger partial charge in [0.25, 0.3) is 0 Å². The summed E-state index contributed by atoms with van der Waals surface area (Å²) in [4.78, 5) is 11.8. The number of anilines is 3. The fourth-order valence-corrected chi connectivity index (χ4v) is 2.38. The van der Waals surface area contributed by atoms with E-state index in [-0.39, 0.29) is 5.82 Å². The molecule has 0 saturated heterocycles. The number of H-pyrrole nitrogens is 1. The molecule has 0 bridgehead atoms. The van der Waals surface area contributed by atoms with Gasteiger partial charge in [-0.25, -0.2) is 14.4 Å². The van der Waals surface area contributed by atoms with Crippen molar-refractivity contribution in [2.24, 2.45) is 0 Å². The van der Waals surface area contributed by atoms with Crippen LogP contribution in [-0.2, 0) is 0 Å². The van der Waals surface area contributed by atoms with Crippen molar-refractivity contribution in [3.05, 3.63) is 53.6 Å². The number of hydrogen-bond acceptors (Lipinski definition) is 4. The highest BCUT2D eigenvalue weighted by atomic mass is 19.1. The van der Waals surface area contributed by atoms with E-state index in [0.717, 1.165) is 28.2 Å². The van der Waals surface area contributed by atoms with Gasteiger partial charge in [-0.1, -0.05) is 0 Å². The van der Waals surface area contributed by atoms with Crippen LogP contribution < -0.4 is 11.1 Å². The third kappa shape index (κ3) is 2.63. The van der Waals surface area contributed by atoms with Gasteiger partial charge in [0.15, 0.2) is 0 Å². The van der Waals surface area contributed by atoms with Crippen LogP contribution in [0.1, 0.15) is 11.3 Å². The maximum Gasteiger partial charge on any atom is 0.227 e. The molecule has 0 fully saturated rings. The molecule has 3 aromatic rings. The van der Waals surface area contributed by atoms with Gasteiger partial charge in [0.1, 0.15) is 11.6 Å². The Bertz CT molecular complexity index is 808. The molecule has 112 valence electrons. The second-order valence-corrected chi connectivity index (χ2v) is 5.06. The normalized spacial score (nSPS) is 10.7. The molecule has 0 unspecified atom stereocenters. The topological polar surface area (TPSA) is 79.6 Å². The van der Waals surface area contributed by atoms with E-state index in [2.05, 4.69) is 20.3 Å². The van der Waals surface area contributed by atoms with Gasteiger partial charge in [-0.15, -0.1) is 0 Å². The number of halogens is 1. The number of nitrogen functional groups attached to an aromatic ring is 1. The van der Waals surface area contributed by atoms with E-state index in [9.17, 15) is 4.39 Å². The van der Waals surface area contributed by atoms with Crippen LogP contribution in [-0.4, -0.2) is 15.0 Å². The van der Waals surface area contributed by atoms with Gasteiger partial charge in [-0.3, -0.25) is 0 Å². The molecular formula is C16H16FN5. The zero-order valence-electron chi connectivity index (χ0n) is 12.3. The van der Waals surface area contributed by atoms with E-state index in [1.54, 1.807) is 18.3 Å². The summed E-state index contributed by atoms with van der Waals surface area (Å²) in [6, 6.07) is 7.87. The summed E-state index contributed by atoms with van der Waals surface area (Å²) in [5, 5.41) is 3.06. The molecule has 2 heterocycles. The van der Waals surface area contributed by atoms with Gasteiger partial charge in [-0.2, -0.15) is 0 Å². The molecule has 0 radical (unpaired) electrons. The first-order valence-corrected chi connectivity index (χ1v) is 6.85. The maximum absolute atomic E-state index is 12.9. The molecule has 0 spiro atoms. The highest BCUT2D eigenvalue weighted by Gasteiger charge is 2.13. The van der Waals surface area contributed by atoms with Crippen LogP contribution in [0, 0.1) is 19.7 Å². The smallest absolute Gasteiger partial charge is 0.227 e. The fraction of sp³-hybridized carbons (Fsp3) is 0.125. The number of benzene rings is 1. The number of aromatic nitrogens is 3.